The van der Waals surface area contributed by atoms with Gasteiger partial charge in [0.1, 0.15) is 6.33 Å². The van der Waals surface area contributed by atoms with Crippen LogP contribution in [0.4, 0.5) is 10.2 Å². The Bertz CT molecular complexity index is 573. The average Bonchev–Trinajstić information content (AvgIpc) is 2.86. The molecule has 100 valence electrons. The summed E-state index contributed by atoms with van der Waals surface area (Å²) in [6.45, 7) is 3.17. The predicted octanol–water partition coefficient (Wildman–Crippen LogP) is 1.69. The van der Waals surface area contributed by atoms with E-state index in [1.807, 2.05) is 4.90 Å². The van der Waals surface area contributed by atoms with Crippen molar-refractivity contribution in [2.24, 2.45) is 0 Å². The first-order valence-corrected chi connectivity index (χ1v) is 6.24. The minimum atomic E-state index is -0.398. The topological polar surface area (TPSA) is 67.9 Å². The third-order valence-electron chi connectivity index (χ3n) is 3.26. The van der Waals surface area contributed by atoms with E-state index in [2.05, 4.69) is 20.2 Å². The number of hydrogen-bond acceptors (Lipinski definition) is 6. The summed E-state index contributed by atoms with van der Waals surface area (Å²) in [5.74, 6) is 1.25. The lowest BCUT2D eigenvalue weighted by atomic mass is 9.98. The summed E-state index contributed by atoms with van der Waals surface area (Å²) >= 11 is 0. The maximum absolute atomic E-state index is 13.7. The van der Waals surface area contributed by atoms with Crippen LogP contribution in [0.25, 0.3) is 0 Å². The van der Waals surface area contributed by atoms with E-state index in [1.54, 1.807) is 6.92 Å². The van der Waals surface area contributed by atoms with Gasteiger partial charge in [0, 0.05) is 20.0 Å². The molecule has 0 aliphatic carbocycles. The summed E-state index contributed by atoms with van der Waals surface area (Å²) in [4.78, 5) is 9.58. The zero-order valence-corrected chi connectivity index (χ0v) is 10.6. The van der Waals surface area contributed by atoms with Crippen molar-refractivity contribution < 1.29 is 8.81 Å². The molecule has 0 amide bonds. The van der Waals surface area contributed by atoms with Crippen molar-refractivity contribution in [3.8, 4) is 0 Å². The van der Waals surface area contributed by atoms with Crippen LogP contribution >= 0.6 is 0 Å². The monoisotopic (exact) mass is 263 g/mol. The molecule has 0 bridgehead atoms. The molecule has 0 saturated carbocycles. The molecule has 6 nitrogen and oxygen atoms in total. The molecule has 1 unspecified atom stereocenters. The molecule has 0 N–H and O–H groups in total. The third-order valence-corrected chi connectivity index (χ3v) is 3.26. The van der Waals surface area contributed by atoms with E-state index in [0.29, 0.717) is 24.1 Å². The number of aryl methyl sites for hydroxylation is 1. The fourth-order valence-electron chi connectivity index (χ4n) is 2.39. The Morgan fingerprint density at radius 3 is 3.05 bits per heavy atom. The van der Waals surface area contributed by atoms with Crippen LogP contribution in [0.1, 0.15) is 30.5 Å². The highest BCUT2D eigenvalue weighted by Gasteiger charge is 2.27. The minimum Gasteiger partial charge on any atom is -0.425 e. The molecular weight excluding hydrogens is 249 g/mol. The Morgan fingerprint density at radius 1 is 1.42 bits per heavy atom. The van der Waals surface area contributed by atoms with Gasteiger partial charge in [-0.1, -0.05) is 0 Å². The van der Waals surface area contributed by atoms with Gasteiger partial charge in [-0.25, -0.2) is 14.4 Å². The highest BCUT2D eigenvalue weighted by molar-refractivity contribution is 5.39. The second kappa shape index (κ2) is 4.91. The lowest BCUT2D eigenvalue weighted by Gasteiger charge is -2.31. The van der Waals surface area contributed by atoms with Gasteiger partial charge in [-0.15, -0.1) is 10.2 Å². The summed E-state index contributed by atoms with van der Waals surface area (Å²) in [6, 6.07) is 0. The molecule has 1 aliphatic rings. The second-order valence-corrected chi connectivity index (χ2v) is 4.64. The zero-order chi connectivity index (χ0) is 13.2. The van der Waals surface area contributed by atoms with E-state index >= 15 is 0 Å². The molecule has 1 atom stereocenters. The first-order chi connectivity index (χ1) is 9.24. The number of anilines is 1. The summed E-state index contributed by atoms with van der Waals surface area (Å²) in [6.07, 6.45) is 4.45. The first-order valence-electron chi connectivity index (χ1n) is 6.24. The molecule has 0 radical (unpaired) electrons. The minimum absolute atomic E-state index is 0.129. The summed E-state index contributed by atoms with van der Waals surface area (Å²) in [5.41, 5.74) is 0. The quantitative estimate of drug-likeness (QED) is 0.821. The van der Waals surface area contributed by atoms with Crippen LogP contribution in [-0.2, 0) is 0 Å². The smallest absolute Gasteiger partial charge is 0.221 e. The van der Waals surface area contributed by atoms with Crippen LogP contribution in [-0.4, -0.2) is 33.3 Å². The van der Waals surface area contributed by atoms with E-state index in [-0.39, 0.29) is 5.92 Å². The van der Waals surface area contributed by atoms with E-state index in [1.165, 1.54) is 12.5 Å². The maximum Gasteiger partial charge on any atom is 0.221 e. The molecule has 1 fully saturated rings. The number of aromatic nitrogens is 4. The Kier molecular flexibility index (Phi) is 3.10. The predicted molar refractivity (Wildman–Crippen MR) is 65.2 cm³/mol. The van der Waals surface area contributed by atoms with Gasteiger partial charge in [0.2, 0.25) is 11.8 Å². The molecule has 1 aliphatic heterocycles. The van der Waals surface area contributed by atoms with E-state index in [4.69, 9.17) is 4.42 Å². The average molecular weight is 263 g/mol. The highest BCUT2D eigenvalue weighted by atomic mass is 19.1. The second-order valence-electron chi connectivity index (χ2n) is 4.64. The molecular formula is C12H14FN5O. The highest BCUT2D eigenvalue weighted by Crippen LogP contribution is 2.29. The van der Waals surface area contributed by atoms with Crippen LogP contribution in [0.3, 0.4) is 0 Å². The van der Waals surface area contributed by atoms with Crippen molar-refractivity contribution in [3.05, 3.63) is 30.1 Å². The van der Waals surface area contributed by atoms with Crippen molar-refractivity contribution in [1.82, 2.24) is 20.2 Å². The molecule has 2 aromatic heterocycles. The van der Waals surface area contributed by atoms with Gasteiger partial charge in [0.15, 0.2) is 11.6 Å². The molecule has 0 aromatic carbocycles. The van der Waals surface area contributed by atoms with Gasteiger partial charge in [-0.3, -0.25) is 0 Å². The normalized spacial score (nSPS) is 19.7. The van der Waals surface area contributed by atoms with Crippen LogP contribution < -0.4 is 4.90 Å². The Morgan fingerprint density at radius 2 is 2.32 bits per heavy atom. The summed E-state index contributed by atoms with van der Waals surface area (Å²) in [5, 5.41) is 7.89. The van der Waals surface area contributed by atoms with Crippen LogP contribution in [0.2, 0.25) is 0 Å². The fraction of sp³-hybridized carbons (Fsp3) is 0.500. The summed E-state index contributed by atoms with van der Waals surface area (Å²) < 4.78 is 19.2. The van der Waals surface area contributed by atoms with Gasteiger partial charge >= 0.3 is 0 Å². The Balaban J connectivity index is 1.80. The Labute approximate surface area is 109 Å². The molecule has 7 heteroatoms. The van der Waals surface area contributed by atoms with Crippen molar-refractivity contribution >= 4 is 5.82 Å². The summed E-state index contributed by atoms with van der Waals surface area (Å²) in [7, 11) is 0. The van der Waals surface area contributed by atoms with E-state index < -0.39 is 5.82 Å². The van der Waals surface area contributed by atoms with Gasteiger partial charge in [-0.2, -0.15) is 0 Å². The van der Waals surface area contributed by atoms with E-state index in [9.17, 15) is 4.39 Å². The molecule has 1 saturated heterocycles. The fourth-order valence-corrected chi connectivity index (χ4v) is 2.39. The van der Waals surface area contributed by atoms with Crippen molar-refractivity contribution in [1.29, 1.82) is 0 Å². The Hall–Kier alpha value is -2.05. The maximum atomic E-state index is 13.7. The lowest BCUT2D eigenvalue weighted by Crippen LogP contribution is -2.35. The standard InChI is InChI=1S/C12H14FN5O/c1-8-16-17-12(19-8)9-3-2-4-18(6-9)11-10(13)5-14-7-15-11/h5,7,9H,2-4,6H2,1H3. The number of piperidine rings is 1. The van der Waals surface area contributed by atoms with Gasteiger partial charge in [0.25, 0.3) is 0 Å². The number of nitrogens with zero attached hydrogens (tertiary/aromatic N) is 5. The first kappa shape index (κ1) is 12.0. The number of halogens is 1. The lowest BCUT2D eigenvalue weighted by molar-refractivity contribution is 0.385. The number of hydrogen-bond donors (Lipinski definition) is 0. The van der Waals surface area contributed by atoms with Crippen molar-refractivity contribution in [2.75, 3.05) is 18.0 Å². The molecule has 19 heavy (non-hydrogen) atoms. The van der Waals surface area contributed by atoms with Crippen LogP contribution in [0.15, 0.2) is 16.9 Å². The van der Waals surface area contributed by atoms with Gasteiger partial charge in [-0.05, 0) is 12.8 Å². The van der Waals surface area contributed by atoms with E-state index in [0.717, 1.165) is 19.4 Å². The molecule has 3 heterocycles. The van der Waals surface area contributed by atoms with Crippen LogP contribution in [0, 0.1) is 12.7 Å². The van der Waals surface area contributed by atoms with Crippen LogP contribution in [0.5, 0.6) is 0 Å². The van der Waals surface area contributed by atoms with Gasteiger partial charge in [0.05, 0.1) is 12.1 Å². The number of rotatable bonds is 2. The van der Waals surface area contributed by atoms with Crippen molar-refractivity contribution in [3.63, 3.8) is 0 Å². The zero-order valence-electron chi connectivity index (χ0n) is 10.6. The van der Waals surface area contributed by atoms with Gasteiger partial charge < -0.3 is 9.32 Å². The molecule has 0 spiro atoms. The molecule has 3 rings (SSSR count). The largest absolute Gasteiger partial charge is 0.425 e. The third kappa shape index (κ3) is 2.40. The molecule has 2 aromatic rings. The SMILES string of the molecule is Cc1nnc(C2CCCN(c3ncncc3F)C2)o1. The van der Waals surface area contributed by atoms with Crippen molar-refractivity contribution in [2.45, 2.75) is 25.7 Å².